The van der Waals surface area contributed by atoms with Gasteiger partial charge in [0.1, 0.15) is 5.69 Å². The number of para-hydroxylation sites is 3. The fourth-order valence-corrected chi connectivity index (χ4v) is 2.99. The van der Waals surface area contributed by atoms with Gasteiger partial charge in [-0.1, -0.05) is 30.3 Å². The minimum absolute atomic E-state index is 0.00101. The van der Waals surface area contributed by atoms with E-state index in [1.165, 1.54) is 6.20 Å². The molecule has 25 heavy (non-hydrogen) atoms. The molecule has 0 radical (unpaired) electrons. The number of nitrogens with zero attached hydrogens (tertiary/aromatic N) is 3. The van der Waals surface area contributed by atoms with Gasteiger partial charge in [-0.05, 0) is 24.3 Å². The normalized spacial score (nSPS) is 17.0. The van der Waals surface area contributed by atoms with E-state index >= 15 is 0 Å². The van der Waals surface area contributed by atoms with E-state index in [1.54, 1.807) is 4.90 Å². The highest BCUT2D eigenvalue weighted by molar-refractivity contribution is 5.98. The standard InChI is InChI=1S/C19H16N4O2/c24-18-10-13(12-23(18)14-6-2-1-3-7-14)21-19(25)17-11-20-15-8-4-5-9-16(15)22-17/h1-9,11,13H,10,12H2,(H,21,25)/t13-/m0/s1. The molecule has 1 aliphatic heterocycles. The number of fused-ring (bicyclic) bond motifs is 1. The quantitative estimate of drug-likeness (QED) is 0.797. The number of hydrogen-bond donors (Lipinski definition) is 1. The van der Waals surface area contributed by atoms with Crippen molar-refractivity contribution in [3.63, 3.8) is 0 Å². The van der Waals surface area contributed by atoms with E-state index in [0.29, 0.717) is 12.1 Å². The minimum Gasteiger partial charge on any atom is -0.346 e. The highest BCUT2D eigenvalue weighted by Crippen LogP contribution is 2.21. The van der Waals surface area contributed by atoms with Crippen LogP contribution in [0.5, 0.6) is 0 Å². The van der Waals surface area contributed by atoms with Crippen molar-refractivity contribution in [2.75, 3.05) is 11.4 Å². The van der Waals surface area contributed by atoms with Gasteiger partial charge in [-0.2, -0.15) is 0 Å². The number of hydrogen-bond acceptors (Lipinski definition) is 4. The Balaban J connectivity index is 1.48. The molecule has 1 aromatic heterocycles. The summed E-state index contributed by atoms with van der Waals surface area (Å²) < 4.78 is 0. The summed E-state index contributed by atoms with van der Waals surface area (Å²) in [5.74, 6) is -0.313. The molecule has 6 heteroatoms. The lowest BCUT2D eigenvalue weighted by Gasteiger charge is -2.17. The molecule has 2 aromatic carbocycles. The van der Waals surface area contributed by atoms with Crippen LogP contribution >= 0.6 is 0 Å². The third-order valence-electron chi connectivity index (χ3n) is 4.21. The SMILES string of the molecule is O=C(N[C@H]1CC(=O)N(c2ccccc2)C1)c1cnc2ccccc2n1. The van der Waals surface area contributed by atoms with Crippen LogP contribution < -0.4 is 10.2 Å². The number of carbonyl (C=O) groups is 2. The first-order valence-electron chi connectivity index (χ1n) is 8.09. The first-order valence-corrected chi connectivity index (χ1v) is 8.09. The average Bonchev–Trinajstić information content (AvgIpc) is 3.02. The van der Waals surface area contributed by atoms with Crippen LogP contribution in [0.15, 0.2) is 60.8 Å². The van der Waals surface area contributed by atoms with E-state index in [1.807, 2.05) is 54.6 Å². The second-order valence-corrected chi connectivity index (χ2v) is 5.96. The molecule has 2 amide bonds. The van der Waals surface area contributed by atoms with Crippen LogP contribution in [-0.2, 0) is 4.79 Å². The van der Waals surface area contributed by atoms with Crippen molar-refractivity contribution in [3.8, 4) is 0 Å². The molecule has 124 valence electrons. The number of benzene rings is 2. The van der Waals surface area contributed by atoms with Crippen molar-refractivity contribution < 1.29 is 9.59 Å². The molecular formula is C19H16N4O2. The molecule has 0 spiro atoms. The molecular weight excluding hydrogens is 316 g/mol. The van der Waals surface area contributed by atoms with Gasteiger partial charge in [-0.3, -0.25) is 14.6 Å². The van der Waals surface area contributed by atoms with E-state index < -0.39 is 0 Å². The van der Waals surface area contributed by atoms with E-state index in [-0.39, 0.29) is 30.0 Å². The summed E-state index contributed by atoms with van der Waals surface area (Å²) in [6.45, 7) is 0.454. The van der Waals surface area contributed by atoms with E-state index in [0.717, 1.165) is 11.2 Å². The van der Waals surface area contributed by atoms with Crippen LogP contribution in [0.25, 0.3) is 11.0 Å². The molecule has 1 saturated heterocycles. The zero-order valence-electron chi connectivity index (χ0n) is 13.4. The predicted molar refractivity (Wildman–Crippen MR) is 94.2 cm³/mol. The average molecular weight is 332 g/mol. The Morgan fingerprint density at radius 3 is 2.56 bits per heavy atom. The second kappa shape index (κ2) is 6.32. The number of aromatic nitrogens is 2. The molecule has 2 heterocycles. The van der Waals surface area contributed by atoms with Gasteiger partial charge in [0.2, 0.25) is 5.91 Å². The van der Waals surface area contributed by atoms with Gasteiger partial charge in [-0.15, -0.1) is 0 Å². The lowest BCUT2D eigenvalue weighted by atomic mass is 10.2. The van der Waals surface area contributed by atoms with E-state index in [4.69, 9.17) is 0 Å². The number of nitrogens with one attached hydrogen (secondary N) is 1. The topological polar surface area (TPSA) is 75.2 Å². The van der Waals surface area contributed by atoms with Crippen molar-refractivity contribution in [3.05, 3.63) is 66.5 Å². The maximum absolute atomic E-state index is 12.5. The summed E-state index contributed by atoms with van der Waals surface area (Å²) in [6.07, 6.45) is 1.74. The molecule has 1 fully saturated rings. The van der Waals surface area contributed by atoms with Gasteiger partial charge in [0.15, 0.2) is 0 Å². The van der Waals surface area contributed by atoms with Crippen LogP contribution in [0.3, 0.4) is 0 Å². The monoisotopic (exact) mass is 332 g/mol. The molecule has 0 bridgehead atoms. The molecule has 1 aliphatic rings. The van der Waals surface area contributed by atoms with Crippen molar-refractivity contribution >= 4 is 28.5 Å². The lowest BCUT2D eigenvalue weighted by Crippen LogP contribution is -2.37. The molecule has 1 N–H and O–H groups in total. The third-order valence-corrected chi connectivity index (χ3v) is 4.21. The Hall–Kier alpha value is -3.28. The first-order chi connectivity index (χ1) is 12.2. The Morgan fingerprint density at radius 1 is 1.04 bits per heavy atom. The van der Waals surface area contributed by atoms with Crippen molar-refractivity contribution in [1.82, 2.24) is 15.3 Å². The minimum atomic E-state index is -0.314. The Kier molecular flexibility index (Phi) is 3.85. The Morgan fingerprint density at radius 2 is 1.76 bits per heavy atom. The summed E-state index contributed by atoms with van der Waals surface area (Å²) in [5.41, 5.74) is 2.51. The number of anilines is 1. The number of rotatable bonds is 3. The van der Waals surface area contributed by atoms with Gasteiger partial charge in [0.25, 0.3) is 5.91 Å². The smallest absolute Gasteiger partial charge is 0.271 e. The Bertz CT molecular complexity index is 942. The maximum Gasteiger partial charge on any atom is 0.271 e. The molecule has 0 unspecified atom stereocenters. The number of carbonyl (C=O) groups excluding carboxylic acids is 2. The second-order valence-electron chi connectivity index (χ2n) is 5.96. The zero-order valence-corrected chi connectivity index (χ0v) is 13.4. The highest BCUT2D eigenvalue weighted by Gasteiger charge is 2.31. The number of amides is 2. The molecule has 6 nitrogen and oxygen atoms in total. The summed E-state index contributed by atoms with van der Waals surface area (Å²) in [7, 11) is 0. The van der Waals surface area contributed by atoms with Crippen LogP contribution in [0.4, 0.5) is 5.69 Å². The van der Waals surface area contributed by atoms with Gasteiger partial charge in [-0.25, -0.2) is 4.98 Å². The third kappa shape index (κ3) is 3.06. The lowest BCUT2D eigenvalue weighted by molar-refractivity contribution is -0.117. The van der Waals surface area contributed by atoms with Crippen LogP contribution in [-0.4, -0.2) is 34.4 Å². The molecule has 0 saturated carbocycles. The van der Waals surface area contributed by atoms with Gasteiger partial charge < -0.3 is 10.2 Å². The highest BCUT2D eigenvalue weighted by atomic mass is 16.2. The molecule has 3 aromatic rings. The zero-order chi connectivity index (χ0) is 17.2. The summed E-state index contributed by atoms with van der Waals surface area (Å²) in [5, 5.41) is 2.89. The Labute approximate surface area is 144 Å². The fourth-order valence-electron chi connectivity index (χ4n) is 2.99. The van der Waals surface area contributed by atoms with Crippen LogP contribution in [0.2, 0.25) is 0 Å². The predicted octanol–water partition coefficient (Wildman–Crippen LogP) is 2.17. The first kappa shape index (κ1) is 15.3. The van der Waals surface area contributed by atoms with Crippen LogP contribution in [0, 0.1) is 0 Å². The summed E-state index contributed by atoms with van der Waals surface area (Å²) >= 11 is 0. The fraction of sp³-hybridized carbons (Fsp3) is 0.158. The molecule has 0 aliphatic carbocycles. The van der Waals surface area contributed by atoms with Crippen molar-refractivity contribution in [1.29, 1.82) is 0 Å². The van der Waals surface area contributed by atoms with Gasteiger partial charge >= 0.3 is 0 Å². The van der Waals surface area contributed by atoms with Gasteiger partial charge in [0.05, 0.1) is 23.3 Å². The molecule has 1 atom stereocenters. The van der Waals surface area contributed by atoms with E-state index in [9.17, 15) is 9.59 Å². The summed E-state index contributed by atoms with van der Waals surface area (Å²) in [6, 6.07) is 16.6. The van der Waals surface area contributed by atoms with Crippen LogP contribution in [0.1, 0.15) is 16.9 Å². The van der Waals surface area contributed by atoms with Crippen molar-refractivity contribution in [2.24, 2.45) is 0 Å². The largest absolute Gasteiger partial charge is 0.346 e. The summed E-state index contributed by atoms with van der Waals surface area (Å²) in [4.78, 5) is 35.0. The maximum atomic E-state index is 12.5. The van der Waals surface area contributed by atoms with Gasteiger partial charge in [0, 0.05) is 18.7 Å². The van der Waals surface area contributed by atoms with E-state index in [2.05, 4.69) is 15.3 Å². The molecule has 4 rings (SSSR count). The van der Waals surface area contributed by atoms with Crippen molar-refractivity contribution in [2.45, 2.75) is 12.5 Å².